The van der Waals surface area contributed by atoms with Gasteiger partial charge in [-0.3, -0.25) is 14.2 Å². The number of benzene rings is 1. The highest BCUT2D eigenvalue weighted by Crippen LogP contribution is 2.31. The van der Waals surface area contributed by atoms with Crippen molar-refractivity contribution in [2.75, 3.05) is 37.3 Å². The van der Waals surface area contributed by atoms with Gasteiger partial charge in [-0.25, -0.2) is 9.97 Å². The van der Waals surface area contributed by atoms with Crippen molar-refractivity contribution >= 4 is 44.4 Å². The second-order valence-electron chi connectivity index (χ2n) is 7.09. The van der Waals surface area contributed by atoms with Crippen molar-refractivity contribution in [2.24, 2.45) is 0 Å². The maximum atomic E-state index is 12.7. The summed E-state index contributed by atoms with van der Waals surface area (Å²) in [6.07, 6.45) is 3.53. The van der Waals surface area contributed by atoms with E-state index in [0.29, 0.717) is 24.3 Å². The maximum absolute atomic E-state index is 12.7. The van der Waals surface area contributed by atoms with Gasteiger partial charge in [-0.1, -0.05) is 11.3 Å². The molecule has 1 amide bonds. The van der Waals surface area contributed by atoms with Crippen LogP contribution in [-0.2, 0) is 11.3 Å². The molecule has 4 rings (SSSR count). The lowest BCUT2D eigenvalue weighted by atomic mass is 10.2. The van der Waals surface area contributed by atoms with Crippen molar-refractivity contribution in [3.05, 3.63) is 46.1 Å². The van der Waals surface area contributed by atoms with Gasteiger partial charge < -0.3 is 9.80 Å². The molecule has 1 aromatic carbocycles. The molecule has 0 spiro atoms. The topological polar surface area (TPSA) is 71.3 Å². The first kappa shape index (κ1) is 19.9. The van der Waals surface area contributed by atoms with Gasteiger partial charge >= 0.3 is 0 Å². The minimum absolute atomic E-state index is 0.0333. The molecule has 152 valence electrons. The summed E-state index contributed by atoms with van der Waals surface area (Å²) in [5.74, 6) is -0.0503. The largest absolute Gasteiger partial charge is 0.345 e. The van der Waals surface area contributed by atoms with Crippen molar-refractivity contribution < 1.29 is 4.79 Å². The van der Waals surface area contributed by atoms with Crippen molar-refractivity contribution in [2.45, 2.75) is 25.3 Å². The summed E-state index contributed by atoms with van der Waals surface area (Å²) >= 11 is 3.42. The predicted molar refractivity (Wildman–Crippen MR) is 118 cm³/mol. The molecule has 9 heteroatoms. The highest BCUT2D eigenvalue weighted by atomic mass is 32.2. The van der Waals surface area contributed by atoms with Gasteiger partial charge in [0.15, 0.2) is 5.13 Å². The Morgan fingerprint density at radius 2 is 1.97 bits per heavy atom. The third-order valence-corrected chi connectivity index (χ3v) is 7.11. The zero-order valence-corrected chi connectivity index (χ0v) is 18.3. The molecule has 0 atom stereocenters. The van der Waals surface area contributed by atoms with Gasteiger partial charge in [-0.05, 0) is 38.3 Å². The standard InChI is InChI=1S/C20H23N5O2S2/c1-13-14(2)21-12-25(19(13)27)11-18(26)23-6-8-24(9-7-23)20-22-16-5-4-15(28-3)10-17(16)29-20/h4-5,10,12H,6-9,11H2,1-3H3. The van der Waals surface area contributed by atoms with E-state index < -0.39 is 0 Å². The van der Waals surface area contributed by atoms with E-state index in [-0.39, 0.29) is 18.0 Å². The molecule has 0 aliphatic carbocycles. The number of nitrogens with zero attached hydrogens (tertiary/aromatic N) is 5. The van der Waals surface area contributed by atoms with Gasteiger partial charge in [0.1, 0.15) is 6.54 Å². The summed E-state index contributed by atoms with van der Waals surface area (Å²) in [5, 5.41) is 1.000. The number of hydrogen-bond donors (Lipinski definition) is 0. The van der Waals surface area contributed by atoms with E-state index in [1.807, 2.05) is 4.90 Å². The number of thiazole rings is 1. The van der Waals surface area contributed by atoms with Crippen LogP contribution >= 0.6 is 23.1 Å². The molecule has 1 aliphatic rings. The van der Waals surface area contributed by atoms with E-state index in [4.69, 9.17) is 4.98 Å². The van der Waals surface area contributed by atoms with Crippen LogP contribution in [0.5, 0.6) is 0 Å². The lowest BCUT2D eigenvalue weighted by molar-refractivity contribution is -0.132. The molecule has 1 aliphatic heterocycles. The lowest BCUT2D eigenvalue weighted by Crippen LogP contribution is -2.50. The van der Waals surface area contributed by atoms with Gasteiger partial charge in [0.25, 0.3) is 5.56 Å². The molecule has 3 heterocycles. The fraction of sp³-hybridized carbons (Fsp3) is 0.400. The Morgan fingerprint density at radius 1 is 1.21 bits per heavy atom. The molecule has 2 aromatic heterocycles. The van der Waals surface area contributed by atoms with Crippen LogP contribution < -0.4 is 10.5 Å². The summed E-state index contributed by atoms with van der Waals surface area (Å²) in [6, 6.07) is 6.34. The predicted octanol–water partition coefficient (Wildman–Crippen LogP) is 2.54. The molecule has 0 radical (unpaired) electrons. The first-order valence-electron chi connectivity index (χ1n) is 9.46. The number of amides is 1. The molecule has 7 nitrogen and oxygen atoms in total. The molecule has 0 N–H and O–H groups in total. The average Bonchev–Trinajstić information content (AvgIpc) is 3.17. The van der Waals surface area contributed by atoms with Crippen LogP contribution in [0.4, 0.5) is 5.13 Å². The number of hydrogen-bond acceptors (Lipinski definition) is 7. The number of thioether (sulfide) groups is 1. The van der Waals surface area contributed by atoms with Crippen LogP contribution in [0.25, 0.3) is 10.2 Å². The summed E-state index contributed by atoms with van der Waals surface area (Å²) in [5.41, 5.74) is 2.16. The summed E-state index contributed by atoms with van der Waals surface area (Å²) in [4.78, 5) is 39.2. The van der Waals surface area contributed by atoms with Crippen LogP contribution in [-0.4, -0.2) is 57.8 Å². The number of carbonyl (C=O) groups is 1. The zero-order chi connectivity index (χ0) is 20.5. The van der Waals surface area contributed by atoms with E-state index in [9.17, 15) is 9.59 Å². The number of rotatable bonds is 4. The quantitative estimate of drug-likeness (QED) is 0.594. The van der Waals surface area contributed by atoms with Crippen LogP contribution in [0.3, 0.4) is 0 Å². The monoisotopic (exact) mass is 429 g/mol. The Hall–Kier alpha value is -2.39. The van der Waals surface area contributed by atoms with Crippen LogP contribution in [0.15, 0.2) is 34.2 Å². The third-order valence-electron chi connectivity index (χ3n) is 5.31. The van der Waals surface area contributed by atoms with E-state index in [2.05, 4.69) is 34.3 Å². The molecule has 0 unspecified atom stereocenters. The van der Waals surface area contributed by atoms with Gasteiger partial charge in [-0.2, -0.15) is 0 Å². The Kier molecular flexibility index (Phi) is 5.60. The van der Waals surface area contributed by atoms with Gasteiger partial charge in [-0.15, -0.1) is 11.8 Å². The number of piperazine rings is 1. The Morgan fingerprint density at radius 3 is 2.69 bits per heavy atom. The van der Waals surface area contributed by atoms with Gasteiger partial charge in [0, 0.05) is 42.3 Å². The van der Waals surface area contributed by atoms with E-state index in [1.165, 1.54) is 20.5 Å². The Balaban J connectivity index is 1.41. The highest BCUT2D eigenvalue weighted by molar-refractivity contribution is 7.98. The molecule has 0 saturated carbocycles. The van der Waals surface area contributed by atoms with Crippen molar-refractivity contribution in [3.63, 3.8) is 0 Å². The smallest absolute Gasteiger partial charge is 0.256 e. The summed E-state index contributed by atoms with van der Waals surface area (Å²) < 4.78 is 2.58. The van der Waals surface area contributed by atoms with Crippen molar-refractivity contribution in [1.29, 1.82) is 0 Å². The second-order valence-corrected chi connectivity index (χ2v) is 8.97. The zero-order valence-electron chi connectivity index (χ0n) is 16.7. The fourth-order valence-electron chi connectivity index (χ4n) is 3.34. The average molecular weight is 430 g/mol. The molecular formula is C20H23N5O2S2. The first-order valence-corrected chi connectivity index (χ1v) is 11.5. The molecule has 3 aromatic rings. The van der Waals surface area contributed by atoms with E-state index in [1.54, 1.807) is 36.9 Å². The third kappa shape index (κ3) is 4.02. The number of carbonyl (C=O) groups excluding carboxylic acids is 1. The summed E-state index contributed by atoms with van der Waals surface area (Å²) in [6.45, 7) is 6.29. The lowest BCUT2D eigenvalue weighted by Gasteiger charge is -2.34. The molecule has 29 heavy (non-hydrogen) atoms. The molecule has 0 bridgehead atoms. The SMILES string of the molecule is CSc1ccc2nc(N3CCN(C(=O)Cn4cnc(C)c(C)c4=O)CC3)sc2c1. The number of anilines is 1. The fourth-order valence-corrected chi connectivity index (χ4v) is 4.91. The second kappa shape index (κ2) is 8.16. The first-order chi connectivity index (χ1) is 14.0. The van der Waals surface area contributed by atoms with E-state index >= 15 is 0 Å². The Bertz CT molecular complexity index is 1120. The minimum atomic E-state index is -0.149. The number of fused-ring (bicyclic) bond motifs is 1. The number of aromatic nitrogens is 3. The summed E-state index contributed by atoms with van der Waals surface area (Å²) in [7, 11) is 0. The van der Waals surface area contributed by atoms with Crippen LogP contribution in [0, 0.1) is 13.8 Å². The van der Waals surface area contributed by atoms with E-state index in [0.717, 1.165) is 23.7 Å². The van der Waals surface area contributed by atoms with Gasteiger partial charge in [0.05, 0.1) is 16.5 Å². The molecule has 1 fully saturated rings. The van der Waals surface area contributed by atoms with Gasteiger partial charge in [0.2, 0.25) is 5.91 Å². The highest BCUT2D eigenvalue weighted by Gasteiger charge is 2.23. The minimum Gasteiger partial charge on any atom is -0.345 e. The van der Waals surface area contributed by atoms with Crippen molar-refractivity contribution in [3.8, 4) is 0 Å². The maximum Gasteiger partial charge on any atom is 0.256 e. The van der Waals surface area contributed by atoms with Crippen molar-refractivity contribution in [1.82, 2.24) is 19.4 Å². The normalized spacial score (nSPS) is 14.6. The molecule has 1 saturated heterocycles. The Labute approximate surface area is 177 Å². The van der Waals surface area contributed by atoms with Crippen LogP contribution in [0.1, 0.15) is 11.3 Å². The van der Waals surface area contributed by atoms with Crippen LogP contribution in [0.2, 0.25) is 0 Å². The molecular weight excluding hydrogens is 406 g/mol. The number of aryl methyl sites for hydroxylation is 1.